The summed E-state index contributed by atoms with van der Waals surface area (Å²) < 4.78 is 30.4. The van der Waals surface area contributed by atoms with Crippen LogP contribution in [0.2, 0.25) is 0 Å². The fraction of sp³-hybridized carbons (Fsp3) is 0.312. The molecule has 3 aromatic carbocycles. The van der Waals surface area contributed by atoms with E-state index in [0.29, 0.717) is 44.4 Å². The van der Waals surface area contributed by atoms with Crippen molar-refractivity contribution in [3.05, 3.63) is 102 Å². The van der Waals surface area contributed by atoms with Crippen LogP contribution in [0, 0.1) is 0 Å². The van der Waals surface area contributed by atoms with Crippen LogP contribution in [-0.2, 0) is 27.7 Å². The maximum atomic E-state index is 13.7. The zero-order chi connectivity index (χ0) is 28.7. The molecule has 1 fully saturated rings. The predicted molar refractivity (Wildman–Crippen MR) is 160 cm³/mol. The molecule has 2 heterocycles. The van der Waals surface area contributed by atoms with Gasteiger partial charge in [0.05, 0.1) is 4.90 Å². The third-order valence-electron chi connectivity index (χ3n) is 7.56. The number of benzene rings is 3. The van der Waals surface area contributed by atoms with Gasteiger partial charge in [0.2, 0.25) is 15.9 Å². The summed E-state index contributed by atoms with van der Waals surface area (Å²) >= 11 is 0. The van der Waals surface area contributed by atoms with Gasteiger partial charge in [0, 0.05) is 61.8 Å². The van der Waals surface area contributed by atoms with Gasteiger partial charge in [0.1, 0.15) is 5.75 Å². The number of rotatable bonds is 10. The fourth-order valence-corrected chi connectivity index (χ4v) is 6.90. The highest BCUT2D eigenvalue weighted by Gasteiger charge is 2.26. The summed E-state index contributed by atoms with van der Waals surface area (Å²) in [5.41, 5.74) is 2.08. The molecule has 0 aliphatic carbocycles. The molecule has 1 aliphatic heterocycles. The normalized spacial score (nSPS) is 15.5. The highest BCUT2D eigenvalue weighted by atomic mass is 32.2. The molecule has 0 radical (unpaired) electrons. The number of carbonyl (C=O) groups excluding carboxylic acids is 1. The molecule has 1 atom stereocenters. The Labute approximate surface area is 241 Å². The second kappa shape index (κ2) is 13.2. The van der Waals surface area contributed by atoms with Crippen LogP contribution in [-0.4, -0.2) is 73.0 Å². The van der Waals surface area contributed by atoms with Crippen LogP contribution in [0.4, 0.5) is 0 Å². The predicted octanol–water partition coefficient (Wildman–Crippen LogP) is 4.00. The number of pyridine rings is 1. The Balaban J connectivity index is 1.28. The number of amides is 1. The third kappa shape index (κ3) is 7.70. The standard InChI is InChI=1S/C32H36N4O4S/c37-29-13-10-26(11-14-29)22-28(34-41(39,40)31-9-4-8-27-23-33-17-16-30(27)31)24-35-18-5-19-36(21-20-35)32(38)15-12-25-6-2-1-3-7-25/h1-4,6-11,13-14,16-17,23,28,34,37H,5,12,15,18-22,24H2. The van der Waals surface area contributed by atoms with Gasteiger partial charge in [-0.15, -0.1) is 0 Å². The molecule has 1 aromatic heterocycles. The second-order valence-electron chi connectivity index (χ2n) is 10.6. The molecule has 1 unspecified atom stereocenters. The number of phenolic OH excluding ortho intramolecular Hbond substituents is 1. The van der Waals surface area contributed by atoms with Crippen molar-refractivity contribution < 1.29 is 18.3 Å². The molecular weight excluding hydrogens is 536 g/mol. The van der Waals surface area contributed by atoms with Crippen molar-refractivity contribution >= 4 is 26.7 Å². The minimum absolute atomic E-state index is 0.155. The zero-order valence-corrected chi connectivity index (χ0v) is 23.8. The van der Waals surface area contributed by atoms with E-state index in [1.807, 2.05) is 53.4 Å². The molecule has 4 aromatic rings. The van der Waals surface area contributed by atoms with E-state index in [0.717, 1.165) is 35.9 Å². The molecule has 1 aliphatic rings. The van der Waals surface area contributed by atoms with Gasteiger partial charge >= 0.3 is 0 Å². The molecule has 0 bridgehead atoms. The summed E-state index contributed by atoms with van der Waals surface area (Å²) in [7, 11) is -3.85. The summed E-state index contributed by atoms with van der Waals surface area (Å²) in [6, 6.07) is 23.4. The molecule has 0 spiro atoms. The van der Waals surface area contributed by atoms with Crippen LogP contribution in [0.5, 0.6) is 5.75 Å². The first-order chi connectivity index (χ1) is 19.9. The molecule has 1 amide bonds. The van der Waals surface area contributed by atoms with Crippen LogP contribution in [0.15, 0.2) is 96.2 Å². The Bertz CT molecular complexity index is 1560. The molecule has 214 valence electrons. The van der Waals surface area contributed by atoms with Crippen molar-refractivity contribution in [3.63, 3.8) is 0 Å². The Morgan fingerprint density at radius 2 is 1.71 bits per heavy atom. The molecule has 2 N–H and O–H groups in total. The van der Waals surface area contributed by atoms with Crippen LogP contribution in [0.25, 0.3) is 10.8 Å². The third-order valence-corrected chi connectivity index (χ3v) is 9.14. The molecule has 9 heteroatoms. The number of nitrogens with one attached hydrogen (secondary N) is 1. The maximum absolute atomic E-state index is 13.7. The number of phenols is 1. The Morgan fingerprint density at radius 1 is 0.902 bits per heavy atom. The molecular formula is C32H36N4O4S. The number of nitrogens with zero attached hydrogens (tertiary/aromatic N) is 3. The lowest BCUT2D eigenvalue weighted by Gasteiger charge is -2.27. The van der Waals surface area contributed by atoms with E-state index in [-0.39, 0.29) is 16.6 Å². The quantitative estimate of drug-likeness (QED) is 0.298. The summed E-state index contributed by atoms with van der Waals surface area (Å²) in [6.07, 6.45) is 5.74. The van der Waals surface area contributed by atoms with Gasteiger partial charge in [-0.3, -0.25) is 14.7 Å². The largest absolute Gasteiger partial charge is 0.508 e. The van der Waals surface area contributed by atoms with Gasteiger partial charge in [-0.25, -0.2) is 13.1 Å². The first-order valence-electron chi connectivity index (χ1n) is 14.0. The average Bonchev–Trinajstić information content (AvgIpc) is 3.22. The lowest BCUT2D eigenvalue weighted by molar-refractivity contribution is -0.131. The van der Waals surface area contributed by atoms with Crippen molar-refractivity contribution in [1.29, 1.82) is 0 Å². The minimum atomic E-state index is -3.85. The zero-order valence-electron chi connectivity index (χ0n) is 23.0. The molecule has 41 heavy (non-hydrogen) atoms. The smallest absolute Gasteiger partial charge is 0.241 e. The highest BCUT2D eigenvalue weighted by molar-refractivity contribution is 7.89. The maximum Gasteiger partial charge on any atom is 0.241 e. The molecule has 0 saturated carbocycles. The Hall–Kier alpha value is -3.79. The van der Waals surface area contributed by atoms with Crippen molar-refractivity contribution in [2.45, 2.75) is 36.6 Å². The van der Waals surface area contributed by atoms with Crippen molar-refractivity contribution in [2.75, 3.05) is 32.7 Å². The van der Waals surface area contributed by atoms with Gasteiger partial charge in [-0.05, 0) is 61.2 Å². The van der Waals surface area contributed by atoms with Crippen molar-refractivity contribution in [1.82, 2.24) is 19.5 Å². The van der Waals surface area contributed by atoms with E-state index >= 15 is 0 Å². The number of aromatic hydroxyl groups is 1. The summed E-state index contributed by atoms with van der Waals surface area (Å²) in [4.78, 5) is 21.5. The fourth-order valence-electron chi connectivity index (χ4n) is 5.44. The molecule has 1 saturated heterocycles. The van der Waals surface area contributed by atoms with Crippen LogP contribution in [0.1, 0.15) is 24.0 Å². The number of carbonyl (C=O) groups is 1. The number of aryl methyl sites for hydroxylation is 1. The van der Waals surface area contributed by atoms with E-state index < -0.39 is 16.1 Å². The molecule has 8 nitrogen and oxygen atoms in total. The number of hydrogen-bond donors (Lipinski definition) is 2. The monoisotopic (exact) mass is 572 g/mol. The van der Waals surface area contributed by atoms with Crippen LogP contribution >= 0.6 is 0 Å². The van der Waals surface area contributed by atoms with E-state index in [1.54, 1.807) is 42.7 Å². The number of sulfonamides is 1. The number of fused-ring (bicyclic) bond motifs is 1. The Morgan fingerprint density at radius 3 is 2.51 bits per heavy atom. The van der Waals surface area contributed by atoms with E-state index in [4.69, 9.17) is 0 Å². The van der Waals surface area contributed by atoms with Crippen LogP contribution < -0.4 is 4.72 Å². The first-order valence-corrected chi connectivity index (χ1v) is 15.5. The van der Waals surface area contributed by atoms with Gasteiger partial charge < -0.3 is 10.0 Å². The van der Waals surface area contributed by atoms with Gasteiger partial charge in [-0.1, -0.05) is 54.6 Å². The van der Waals surface area contributed by atoms with Crippen molar-refractivity contribution in [3.8, 4) is 5.75 Å². The van der Waals surface area contributed by atoms with E-state index in [1.165, 1.54) is 0 Å². The van der Waals surface area contributed by atoms with Crippen LogP contribution in [0.3, 0.4) is 0 Å². The Kier molecular flexibility index (Phi) is 9.28. The van der Waals surface area contributed by atoms with Crippen molar-refractivity contribution in [2.24, 2.45) is 0 Å². The average molecular weight is 573 g/mol. The highest BCUT2D eigenvalue weighted by Crippen LogP contribution is 2.23. The second-order valence-corrected chi connectivity index (χ2v) is 12.2. The lowest BCUT2D eigenvalue weighted by atomic mass is 10.1. The van der Waals surface area contributed by atoms with Gasteiger partial charge in [-0.2, -0.15) is 0 Å². The lowest BCUT2D eigenvalue weighted by Crippen LogP contribution is -2.46. The first kappa shape index (κ1) is 28.7. The summed E-state index contributed by atoms with van der Waals surface area (Å²) in [5, 5.41) is 11.1. The topological polar surface area (TPSA) is 103 Å². The van der Waals surface area contributed by atoms with E-state index in [9.17, 15) is 18.3 Å². The SMILES string of the molecule is O=C(CCc1ccccc1)N1CCCN(CC(Cc2ccc(O)cc2)NS(=O)(=O)c2cccc3cnccc23)CC1. The van der Waals surface area contributed by atoms with Gasteiger partial charge in [0.15, 0.2) is 0 Å². The number of aromatic nitrogens is 1. The summed E-state index contributed by atoms with van der Waals surface area (Å²) in [5.74, 6) is 0.322. The van der Waals surface area contributed by atoms with Gasteiger partial charge in [0.25, 0.3) is 0 Å². The van der Waals surface area contributed by atoms with E-state index in [2.05, 4.69) is 14.6 Å². The minimum Gasteiger partial charge on any atom is -0.508 e. The number of hydrogen-bond acceptors (Lipinski definition) is 6. The summed E-state index contributed by atoms with van der Waals surface area (Å²) in [6.45, 7) is 3.25. The molecule has 5 rings (SSSR count).